The predicted molar refractivity (Wildman–Crippen MR) is 182 cm³/mol. The molecule has 4 amide bonds. The number of aromatic nitrogens is 5. The van der Waals surface area contributed by atoms with Crippen molar-refractivity contribution in [3.8, 4) is 0 Å². The highest BCUT2D eigenvalue weighted by Gasteiger charge is 2.78. The fourth-order valence-electron chi connectivity index (χ4n) is 8.61. The number of pyridine rings is 1. The molecule has 52 heavy (non-hydrogen) atoms. The van der Waals surface area contributed by atoms with Gasteiger partial charge >= 0.3 is 0 Å². The number of halogens is 2. The zero-order valence-electron chi connectivity index (χ0n) is 28.4. The second kappa shape index (κ2) is 11.8. The first-order valence-electron chi connectivity index (χ1n) is 17.7. The average Bonchev–Trinajstić information content (AvgIpc) is 3.50. The molecule has 0 spiro atoms. The van der Waals surface area contributed by atoms with Crippen molar-refractivity contribution < 1.29 is 28.0 Å². The van der Waals surface area contributed by atoms with Gasteiger partial charge in [-0.2, -0.15) is 10.2 Å². The molecule has 3 N–H and O–H groups in total. The number of hydrogen-bond acceptors (Lipinski definition) is 8. The van der Waals surface area contributed by atoms with Crippen molar-refractivity contribution in [1.82, 2.24) is 35.2 Å². The third kappa shape index (κ3) is 5.19. The second-order valence-corrected chi connectivity index (χ2v) is 15.1. The Labute approximate surface area is 297 Å². The van der Waals surface area contributed by atoms with Crippen molar-refractivity contribution in [2.24, 2.45) is 23.2 Å². The van der Waals surface area contributed by atoms with Crippen molar-refractivity contribution in [2.75, 3.05) is 36.4 Å². The van der Waals surface area contributed by atoms with Gasteiger partial charge in [0, 0.05) is 79.9 Å². The van der Waals surface area contributed by atoms with Crippen molar-refractivity contribution in [3.63, 3.8) is 0 Å². The summed E-state index contributed by atoms with van der Waals surface area (Å²) in [4.78, 5) is 58.9. The number of benzene rings is 1. The number of rotatable bonds is 8. The summed E-state index contributed by atoms with van der Waals surface area (Å²) >= 11 is 0. The number of nitrogens with zero attached hydrogens (tertiary/aromatic N) is 6. The molecule has 0 bridgehead atoms. The molecule has 13 nitrogen and oxygen atoms in total. The van der Waals surface area contributed by atoms with E-state index in [1.165, 1.54) is 0 Å². The summed E-state index contributed by atoms with van der Waals surface area (Å²) in [6, 6.07) is 13.4. The van der Waals surface area contributed by atoms with E-state index in [-0.39, 0.29) is 54.1 Å². The molecule has 2 unspecified atom stereocenters. The number of amides is 4. The molecule has 3 saturated heterocycles. The third-order valence-electron chi connectivity index (χ3n) is 11.9. The van der Waals surface area contributed by atoms with E-state index >= 15 is 0 Å². The molecule has 9 rings (SSSR count). The smallest absolute Gasteiger partial charge is 0.276 e. The molecule has 4 atom stereocenters. The number of aromatic amines is 1. The molecule has 15 heteroatoms. The summed E-state index contributed by atoms with van der Waals surface area (Å²) in [5, 5.41) is 16.9. The summed E-state index contributed by atoms with van der Waals surface area (Å²) < 4.78 is 30.7. The summed E-state index contributed by atoms with van der Waals surface area (Å²) in [6.45, 7) is 3.80. The minimum absolute atomic E-state index is 0.0837. The lowest BCUT2D eigenvalue weighted by molar-refractivity contribution is -0.143. The maximum atomic E-state index is 14.4. The van der Waals surface area contributed by atoms with E-state index in [1.54, 1.807) is 25.5 Å². The molecule has 1 saturated carbocycles. The lowest BCUT2D eigenvalue weighted by atomic mass is 9.85. The zero-order chi connectivity index (χ0) is 35.9. The number of alkyl halides is 2. The Kier molecular flexibility index (Phi) is 7.35. The topological polar surface area (TPSA) is 158 Å². The fourth-order valence-corrected chi connectivity index (χ4v) is 8.61. The van der Waals surface area contributed by atoms with E-state index < -0.39 is 29.1 Å². The monoisotopic (exact) mass is 709 g/mol. The van der Waals surface area contributed by atoms with Crippen molar-refractivity contribution in [2.45, 2.75) is 50.5 Å². The summed E-state index contributed by atoms with van der Waals surface area (Å²) in [5.41, 5.74) is 2.45. The van der Waals surface area contributed by atoms with Crippen LogP contribution < -0.4 is 15.5 Å². The number of fused-ring (bicyclic) bond motifs is 2. The van der Waals surface area contributed by atoms with Crippen LogP contribution in [0.3, 0.4) is 0 Å². The average molecular weight is 710 g/mol. The largest absolute Gasteiger partial charge is 0.355 e. The Hall–Kier alpha value is -5.47. The van der Waals surface area contributed by atoms with Crippen molar-refractivity contribution in [3.05, 3.63) is 89.1 Å². The normalized spacial score (nSPS) is 25.7. The number of carbonyl (C=O) groups excluding carboxylic acids is 4. The van der Waals surface area contributed by atoms with Crippen LogP contribution >= 0.6 is 0 Å². The number of piperidine rings is 1. The Balaban J connectivity index is 0.821. The molecule has 5 aliphatic rings. The van der Waals surface area contributed by atoms with Crippen LogP contribution in [0.2, 0.25) is 0 Å². The quantitative estimate of drug-likeness (QED) is 0.235. The summed E-state index contributed by atoms with van der Waals surface area (Å²) in [6.07, 6.45) is 6.04. The number of carbonyl (C=O) groups is 4. The number of hydrogen-bond donors (Lipinski definition) is 3. The van der Waals surface area contributed by atoms with Crippen molar-refractivity contribution in [1.29, 1.82) is 0 Å². The van der Waals surface area contributed by atoms with E-state index in [9.17, 15) is 28.0 Å². The molecular weight excluding hydrogens is 672 g/mol. The van der Waals surface area contributed by atoms with Crippen LogP contribution in [0.5, 0.6) is 0 Å². The van der Waals surface area contributed by atoms with Gasteiger partial charge in [0.05, 0.1) is 29.8 Å². The molecule has 268 valence electrons. The molecule has 1 aromatic carbocycles. The molecule has 2 aliphatic carbocycles. The molecule has 6 heterocycles. The van der Waals surface area contributed by atoms with Gasteiger partial charge in [-0.25, -0.2) is 13.8 Å². The fraction of sp³-hybridized carbons (Fsp3) is 0.432. The lowest BCUT2D eigenvalue weighted by Gasteiger charge is -2.48. The minimum atomic E-state index is -2.75. The van der Waals surface area contributed by atoms with E-state index in [0.29, 0.717) is 56.0 Å². The Morgan fingerprint density at radius 2 is 1.83 bits per heavy atom. The number of likely N-dealkylation sites (tertiary alicyclic amines) is 1. The van der Waals surface area contributed by atoms with E-state index in [1.807, 2.05) is 56.9 Å². The van der Waals surface area contributed by atoms with Crippen LogP contribution in [0, 0.1) is 23.2 Å². The van der Waals surface area contributed by atoms with Gasteiger partial charge in [-0.15, -0.1) is 0 Å². The van der Waals surface area contributed by atoms with Crippen LogP contribution in [-0.2, 0) is 27.2 Å². The number of H-pyrrole nitrogens is 1. The number of imide groups is 1. The Morgan fingerprint density at radius 1 is 1.04 bits per heavy atom. The number of nitrogens with one attached hydrogen (secondary N) is 3. The van der Waals surface area contributed by atoms with E-state index in [2.05, 4.69) is 30.9 Å². The molecule has 3 aliphatic heterocycles. The minimum Gasteiger partial charge on any atom is -0.355 e. The predicted octanol–water partition coefficient (Wildman–Crippen LogP) is 3.33. The lowest BCUT2D eigenvalue weighted by Crippen LogP contribution is -2.61. The first kappa shape index (κ1) is 32.4. The zero-order valence-corrected chi connectivity index (χ0v) is 28.4. The maximum Gasteiger partial charge on any atom is 0.276 e. The molecular formula is C37H37F2N9O4. The van der Waals surface area contributed by atoms with E-state index in [0.717, 1.165) is 16.9 Å². The van der Waals surface area contributed by atoms with E-state index in [4.69, 9.17) is 0 Å². The maximum absolute atomic E-state index is 14.4. The first-order chi connectivity index (χ1) is 25.0. The van der Waals surface area contributed by atoms with Gasteiger partial charge in [-0.1, -0.05) is 43.3 Å². The van der Waals surface area contributed by atoms with Gasteiger partial charge < -0.3 is 15.1 Å². The number of anilines is 2. The van der Waals surface area contributed by atoms with Gasteiger partial charge in [-0.05, 0) is 30.0 Å². The highest BCUT2D eigenvalue weighted by atomic mass is 19.3. The first-order valence-corrected chi connectivity index (χ1v) is 17.7. The van der Waals surface area contributed by atoms with Crippen LogP contribution in [0.15, 0.2) is 61.1 Å². The highest BCUT2D eigenvalue weighted by molar-refractivity contribution is 6.04. The second-order valence-electron chi connectivity index (χ2n) is 15.1. The standard InChI is InChI=1S/C37H37F2N9O4/c1-36-12-27-26(11-28(36)37(36,38)39)31(45-44-27)34(51)42-24-14-41-48(19-24)32(20-5-3-2-4-6-20)22-15-47(16-22)35(52)23-17-46(18-23)29-9-7-21(13-40-29)25-8-10-30(49)43-33(25)50/h2-7,9,13-14,19,22-23,25,28,32H,8,10-12,15-18H2,1H3,(H,42,51)(H,44,45)(H,43,49,50)/t25?,28?,32-,36-/m1/s1. The molecule has 4 fully saturated rings. The molecule has 3 aromatic heterocycles. The van der Waals surface area contributed by atoms with Gasteiger partial charge in [0.2, 0.25) is 17.7 Å². The Morgan fingerprint density at radius 3 is 2.56 bits per heavy atom. The molecule has 0 radical (unpaired) electrons. The van der Waals surface area contributed by atoms with Crippen molar-refractivity contribution >= 4 is 35.1 Å². The van der Waals surface area contributed by atoms with Gasteiger partial charge in [0.15, 0.2) is 5.69 Å². The van der Waals surface area contributed by atoms with Crippen LogP contribution in [0.1, 0.15) is 64.6 Å². The SMILES string of the molecule is C[C@@]12Cc3[nH]nc(C(=O)Nc4cnn([C@H](c5ccccc5)C5CN(C(=O)C6CN(c7ccc(C8CCC(=O)NC8=O)cn7)C6)C5)c4)c3CC1C2(F)F. The van der Waals surface area contributed by atoms with Crippen LogP contribution in [0.25, 0.3) is 0 Å². The summed E-state index contributed by atoms with van der Waals surface area (Å²) in [5.74, 6) is -4.17. The summed E-state index contributed by atoms with van der Waals surface area (Å²) in [7, 11) is 0. The Bertz CT molecular complexity index is 2090. The third-order valence-corrected chi connectivity index (χ3v) is 11.9. The highest BCUT2D eigenvalue weighted by Crippen LogP contribution is 2.70. The van der Waals surface area contributed by atoms with Crippen LogP contribution in [-0.4, -0.2) is 85.6 Å². The van der Waals surface area contributed by atoms with Gasteiger partial charge in [0.1, 0.15) is 5.82 Å². The molecule has 4 aromatic rings. The van der Waals surface area contributed by atoms with Crippen LogP contribution in [0.4, 0.5) is 20.3 Å². The van der Waals surface area contributed by atoms with Gasteiger partial charge in [0.25, 0.3) is 11.8 Å². The van der Waals surface area contributed by atoms with Gasteiger partial charge in [-0.3, -0.25) is 34.3 Å².